The normalized spacial score (nSPS) is 15.7. The quantitative estimate of drug-likeness (QED) is 0.731. The topological polar surface area (TPSA) is 58.6 Å². The van der Waals surface area contributed by atoms with E-state index in [1.807, 2.05) is 20.8 Å². The van der Waals surface area contributed by atoms with Crippen LogP contribution in [0.5, 0.6) is 0 Å². The molecule has 0 bridgehead atoms. The number of hydrogen-bond donors (Lipinski definition) is 1. The van der Waals surface area contributed by atoms with Crippen molar-refractivity contribution in [2.75, 3.05) is 13.1 Å². The Kier molecular flexibility index (Phi) is 7.32. The summed E-state index contributed by atoms with van der Waals surface area (Å²) < 4.78 is 6.42. The van der Waals surface area contributed by atoms with Gasteiger partial charge in [0, 0.05) is 30.0 Å². The van der Waals surface area contributed by atoms with E-state index in [0.29, 0.717) is 38.4 Å². The molecule has 1 aromatic rings. The Morgan fingerprint density at radius 2 is 1.89 bits per heavy atom. The van der Waals surface area contributed by atoms with Gasteiger partial charge >= 0.3 is 6.09 Å². The maximum atomic E-state index is 12.5. The minimum absolute atomic E-state index is 0.0543. The SMILES string of the molecule is CC(C)c1ccc(CNC(=O)C2CCN(C(=O)OC(C)(C)C)CC2)c(Br)c1. The van der Waals surface area contributed by atoms with Gasteiger partial charge in [-0.05, 0) is 56.7 Å². The molecule has 0 radical (unpaired) electrons. The van der Waals surface area contributed by atoms with Crippen molar-refractivity contribution < 1.29 is 14.3 Å². The van der Waals surface area contributed by atoms with Gasteiger partial charge < -0.3 is 15.0 Å². The van der Waals surface area contributed by atoms with Crippen LogP contribution in [0.2, 0.25) is 0 Å². The molecule has 1 aromatic carbocycles. The predicted molar refractivity (Wildman–Crippen MR) is 111 cm³/mol. The van der Waals surface area contributed by atoms with Gasteiger partial charge in [-0.2, -0.15) is 0 Å². The van der Waals surface area contributed by atoms with E-state index >= 15 is 0 Å². The third-order valence-corrected chi connectivity index (χ3v) is 5.45. The minimum Gasteiger partial charge on any atom is -0.444 e. The summed E-state index contributed by atoms with van der Waals surface area (Å²) in [4.78, 5) is 26.3. The first-order valence-corrected chi connectivity index (χ1v) is 10.4. The lowest BCUT2D eigenvalue weighted by atomic mass is 9.96. The number of amides is 2. The number of likely N-dealkylation sites (tertiary alicyclic amines) is 1. The van der Waals surface area contributed by atoms with Crippen LogP contribution in [0.3, 0.4) is 0 Å². The summed E-state index contributed by atoms with van der Waals surface area (Å²) >= 11 is 3.60. The van der Waals surface area contributed by atoms with Gasteiger partial charge in [0.1, 0.15) is 5.60 Å². The van der Waals surface area contributed by atoms with E-state index in [0.717, 1.165) is 10.0 Å². The van der Waals surface area contributed by atoms with Gasteiger partial charge in [-0.1, -0.05) is 41.9 Å². The van der Waals surface area contributed by atoms with E-state index in [2.05, 4.69) is 53.3 Å². The predicted octanol–water partition coefficient (Wildman–Crippen LogP) is 4.84. The Hall–Kier alpha value is -1.56. The van der Waals surface area contributed by atoms with E-state index in [4.69, 9.17) is 4.74 Å². The fraction of sp³-hybridized carbons (Fsp3) is 0.619. The first-order chi connectivity index (χ1) is 12.6. The second kappa shape index (κ2) is 9.09. The molecule has 1 heterocycles. The fourth-order valence-corrected chi connectivity index (χ4v) is 3.58. The number of carbonyl (C=O) groups is 2. The summed E-state index contributed by atoms with van der Waals surface area (Å²) in [5.74, 6) is 0.469. The largest absolute Gasteiger partial charge is 0.444 e. The maximum Gasteiger partial charge on any atom is 0.410 e. The fourth-order valence-electron chi connectivity index (χ4n) is 3.04. The van der Waals surface area contributed by atoms with Crippen molar-refractivity contribution in [3.8, 4) is 0 Å². The highest BCUT2D eigenvalue weighted by molar-refractivity contribution is 9.10. The number of halogens is 1. The van der Waals surface area contributed by atoms with E-state index in [9.17, 15) is 9.59 Å². The van der Waals surface area contributed by atoms with Crippen molar-refractivity contribution in [1.82, 2.24) is 10.2 Å². The number of hydrogen-bond acceptors (Lipinski definition) is 3. The third-order valence-electron chi connectivity index (χ3n) is 4.71. The smallest absolute Gasteiger partial charge is 0.410 e. The van der Waals surface area contributed by atoms with Gasteiger partial charge in [0.2, 0.25) is 5.91 Å². The summed E-state index contributed by atoms with van der Waals surface area (Å²) in [6.45, 7) is 11.5. The van der Waals surface area contributed by atoms with Crippen LogP contribution in [0.15, 0.2) is 22.7 Å². The Morgan fingerprint density at radius 1 is 1.26 bits per heavy atom. The molecule has 2 amide bonds. The number of benzene rings is 1. The average molecular weight is 439 g/mol. The first kappa shape index (κ1) is 21.7. The second-order valence-corrected chi connectivity index (χ2v) is 9.32. The Balaban J connectivity index is 1.82. The van der Waals surface area contributed by atoms with Crippen molar-refractivity contribution in [1.29, 1.82) is 0 Å². The lowest BCUT2D eigenvalue weighted by molar-refractivity contribution is -0.126. The number of nitrogens with zero attached hydrogens (tertiary/aromatic N) is 1. The van der Waals surface area contributed by atoms with Crippen molar-refractivity contribution in [3.63, 3.8) is 0 Å². The van der Waals surface area contributed by atoms with Crippen LogP contribution in [0.4, 0.5) is 4.79 Å². The monoisotopic (exact) mass is 438 g/mol. The van der Waals surface area contributed by atoms with E-state index in [1.165, 1.54) is 5.56 Å². The van der Waals surface area contributed by atoms with E-state index in [1.54, 1.807) is 4.90 Å². The molecule has 0 atom stereocenters. The molecular weight excluding hydrogens is 408 g/mol. The van der Waals surface area contributed by atoms with Crippen molar-refractivity contribution >= 4 is 27.9 Å². The molecule has 1 saturated heterocycles. The van der Waals surface area contributed by atoms with Crippen LogP contribution in [0.25, 0.3) is 0 Å². The summed E-state index contributed by atoms with van der Waals surface area (Å²) in [5.41, 5.74) is 1.84. The van der Waals surface area contributed by atoms with Gasteiger partial charge in [-0.15, -0.1) is 0 Å². The zero-order valence-electron chi connectivity index (χ0n) is 17.0. The lowest BCUT2D eigenvalue weighted by Crippen LogP contribution is -2.44. The Bertz CT molecular complexity index is 674. The highest BCUT2D eigenvalue weighted by Crippen LogP contribution is 2.24. The summed E-state index contributed by atoms with van der Waals surface area (Å²) in [6.07, 6.45) is 1.03. The summed E-state index contributed by atoms with van der Waals surface area (Å²) in [5, 5.41) is 3.04. The number of nitrogens with one attached hydrogen (secondary N) is 1. The van der Waals surface area contributed by atoms with Gasteiger partial charge in [0.05, 0.1) is 0 Å². The van der Waals surface area contributed by atoms with Gasteiger partial charge in [-0.3, -0.25) is 4.79 Å². The lowest BCUT2D eigenvalue weighted by Gasteiger charge is -2.33. The van der Waals surface area contributed by atoms with Gasteiger partial charge in [0.25, 0.3) is 0 Å². The molecule has 27 heavy (non-hydrogen) atoms. The zero-order valence-corrected chi connectivity index (χ0v) is 18.6. The maximum absolute atomic E-state index is 12.5. The number of rotatable bonds is 4. The minimum atomic E-state index is -0.496. The summed E-state index contributed by atoms with van der Waals surface area (Å²) in [6, 6.07) is 6.28. The Labute approximate surface area is 171 Å². The molecule has 150 valence electrons. The van der Waals surface area contributed by atoms with Crippen molar-refractivity contribution in [2.45, 2.75) is 65.5 Å². The summed E-state index contributed by atoms with van der Waals surface area (Å²) in [7, 11) is 0. The number of carbonyl (C=O) groups excluding carboxylic acids is 2. The number of piperidine rings is 1. The molecule has 0 unspecified atom stereocenters. The van der Waals surface area contributed by atoms with E-state index < -0.39 is 5.60 Å². The van der Waals surface area contributed by atoms with Gasteiger partial charge in [0.15, 0.2) is 0 Å². The molecule has 0 saturated carbocycles. The average Bonchev–Trinajstić information content (AvgIpc) is 2.59. The van der Waals surface area contributed by atoms with Crippen LogP contribution in [-0.2, 0) is 16.1 Å². The molecule has 6 heteroatoms. The molecule has 1 aliphatic rings. The Morgan fingerprint density at radius 3 is 2.41 bits per heavy atom. The van der Waals surface area contributed by atoms with Crippen LogP contribution >= 0.6 is 15.9 Å². The molecule has 0 aliphatic carbocycles. The molecule has 1 aliphatic heterocycles. The molecule has 2 rings (SSSR count). The highest BCUT2D eigenvalue weighted by atomic mass is 79.9. The molecular formula is C21H31BrN2O3. The molecule has 0 spiro atoms. The zero-order chi connectivity index (χ0) is 20.2. The van der Waals surface area contributed by atoms with Crippen molar-refractivity contribution in [2.24, 2.45) is 5.92 Å². The number of ether oxygens (including phenoxy) is 1. The first-order valence-electron chi connectivity index (χ1n) is 9.61. The van der Waals surface area contributed by atoms with Crippen LogP contribution < -0.4 is 5.32 Å². The van der Waals surface area contributed by atoms with E-state index in [-0.39, 0.29) is 17.9 Å². The molecule has 1 fully saturated rings. The third kappa shape index (κ3) is 6.52. The molecule has 5 nitrogen and oxygen atoms in total. The van der Waals surface area contributed by atoms with Gasteiger partial charge in [-0.25, -0.2) is 4.79 Å². The second-order valence-electron chi connectivity index (χ2n) is 8.47. The van der Waals surface area contributed by atoms with Crippen molar-refractivity contribution in [3.05, 3.63) is 33.8 Å². The molecule has 1 N–H and O–H groups in total. The van der Waals surface area contributed by atoms with Crippen LogP contribution in [0, 0.1) is 5.92 Å². The van der Waals surface area contributed by atoms with Crippen LogP contribution in [-0.4, -0.2) is 35.6 Å². The highest BCUT2D eigenvalue weighted by Gasteiger charge is 2.29. The molecule has 0 aromatic heterocycles. The van der Waals surface area contributed by atoms with Crippen LogP contribution in [0.1, 0.15) is 64.5 Å². The standard InChI is InChI=1S/C21H31BrN2O3/c1-14(2)16-6-7-17(18(22)12-16)13-23-19(25)15-8-10-24(11-9-15)20(26)27-21(3,4)5/h6-7,12,14-15H,8-11,13H2,1-5H3,(H,23,25).